The maximum atomic E-state index is 6.02. The van der Waals surface area contributed by atoms with Crippen LogP contribution >= 0.6 is 11.6 Å². The molecule has 4 nitrogen and oxygen atoms in total. The van der Waals surface area contributed by atoms with Crippen LogP contribution in [0.4, 0.5) is 5.95 Å². The number of anilines is 1. The van der Waals surface area contributed by atoms with Gasteiger partial charge in [-0.05, 0) is 31.5 Å². The third-order valence-electron chi connectivity index (χ3n) is 2.14. The lowest BCUT2D eigenvalue weighted by molar-refractivity contribution is 0.871. The number of halogens is 1. The van der Waals surface area contributed by atoms with Gasteiger partial charge in [0.2, 0.25) is 5.95 Å². The summed E-state index contributed by atoms with van der Waals surface area (Å²) in [4.78, 5) is 4.03. The minimum atomic E-state index is 0.368. The fourth-order valence-corrected chi connectivity index (χ4v) is 1.51. The third-order valence-corrected chi connectivity index (χ3v) is 2.55. The smallest absolute Gasteiger partial charge is 0.223 e. The molecule has 2 N–H and O–H groups in total. The number of aromatic nitrogens is 3. The molecule has 0 spiro atoms. The monoisotopic (exact) mass is 222 g/mol. The summed E-state index contributed by atoms with van der Waals surface area (Å²) in [5.41, 5.74) is 7.55. The van der Waals surface area contributed by atoms with Crippen LogP contribution < -0.4 is 5.73 Å². The molecule has 1 heterocycles. The SMILES string of the molecule is Cc1nc(N)n(-c2ccc(C)c(Cl)c2)n1. The van der Waals surface area contributed by atoms with E-state index in [0.717, 1.165) is 11.3 Å². The summed E-state index contributed by atoms with van der Waals surface area (Å²) in [6.07, 6.45) is 0. The molecule has 0 saturated heterocycles. The van der Waals surface area contributed by atoms with Crippen molar-refractivity contribution in [3.8, 4) is 5.69 Å². The predicted octanol–water partition coefficient (Wildman–Crippen LogP) is 2.12. The van der Waals surface area contributed by atoms with Gasteiger partial charge in [-0.1, -0.05) is 17.7 Å². The first-order valence-corrected chi connectivity index (χ1v) is 4.91. The van der Waals surface area contributed by atoms with Crippen LogP contribution in [-0.2, 0) is 0 Å². The number of aryl methyl sites for hydroxylation is 2. The van der Waals surface area contributed by atoms with E-state index in [1.165, 1.54) is 0 Å². The number of nitrogen functional groups attached to an aromatic ring is 1. The number of hydrogen-bond donors (Lipinski definition) is 1. The largest absolute Gasteiger partial charge is 0.368 e. The topological polar surface area (TPSA) is 56.7 Å². The molecule has 15 heavy (non-hydrogen) atoms. The molecular formula is C10H11ClN4. The van der Waals surface area contributed by atoms with Crippen molar-refractivity contribution in [1.82, 2.24) is 14.8 Å². The zero-order valence-corrected chi connectivity index (χ0v) is 9.28. The summed E-state index contributed by atoms with van der Waals surface area (Å²) in [6, 6.07) is 5.65. The van der Waals surface area contributed by atoms with Crippen LogP contribution in [0.2, 0.25) is 5.02 Å². The highest BCUT2D eigenvalue weighted by molar-refractivity contribution is 6.31. The summed E-state index contributed by atoms with van der Waals surface area (Å²) in [6.45, 7) is 3.74. The van der Waals surface area contributed by atoms with E-state index in [1.54, 1.807) is 11.6 Å². The molecule has 0 bridgehead atoms. The van der Waals surface area contributed by atoms with Crippen LogP contribution in [-0.4, -0.2) is 14.8 Å². The Morgan fingerprint density at radius 2 is 2.07 bits per heavy atom. The number of benzene rings is 1. The molecule has 1 aromatic carbocycles. The Balaban J connectivity index is 2.54. The zero-order valence-electron chi connectivity index (χ0n) is 8.53. The lowest BCUT2D eigenvalue weighted by Gasteiger charge is -2.04. The van der Waals surface area contributed by atoms with Gasteiger partial charge in [0.15, 0.2) is 0 Å². The van der Waals surface area contributed by atoms with Crippen LogP contribution in [0.5, 0.6) is 0 Å². The van der Waals surface area contributed by atoms with Crippen molar-refractivity contribution in [2.24, 2.45) is 0 Å². The van der Waals surface area contributed by atoms with E-state index in [9.17, 15) is 0 Å². The van der Waals surface area contributed by atoms with Gasteiger partial charge < -0.3 is 5.73 Å². The Morgan fingerprint density at radius 1 is 1.33 bits per heavy atom. The van der Waals surface area contributed by atoms with Crippen molar-refractivity contribution in [3.63, 3.8) is 0 Å². The van der Waals surface area contributed by atoms with E-state index in [4.69, 9.17) is 17.3 Å². The normalized spacial score (nSPS) is 10.6. The second kappa shape index (κ2) is 3.55. The first kappa shape index (κ1) is 9.98. The predicted molar refractivity (Wildman–Crippen MR) is 60.3 cm³/mol. The molecule has 0 fully saturated rings. The lowest BCUT2D eigenvalue weighted by Crippen LogP contribution is -2.02. The maximum Gasteiger partial charge on any atom is 0.223 e. The van der Waals surface area contributed by atoms with Gasteiger partial charge in [0.05, 0.1) is 5.69 Å². The molecular weight excluding hydrogens is 212 g/mol. The second-order valence-electron chi connectivity index (χ2n) is 3.36. The molecule has 1 aromatic heterocycles. The average molecular weight is 223 g/mol. The Kier molecular flexibility index (Phi) is 2.36. The Bertz CT molecular complexity index is 504. The van der Waals surface area contributed by atoms with Crippen LogP contribution in [0.1, 0.15) is 11.4 Å². The third kappa shape index (κ3) is 1.80. The van der Waals surface area contributed by atoms with Gasteiger partial charge in [0, 0.05) is 5.02 Å². The van der Waals surface area contributed by atoms with Gasteiger partial charge in [-0.3, -0.25) is 0 Å². The van der Waals surface area contributed by atoms with Crippen molar-refractivity contribution < 1.29 is 0 Å². The molecule has 2 aromatic rings. The molecule has 0 aliphatic carbocycles. The molecule has 0 radical (unpaired) electrons. The highest BCUT2D eigenvalue weighted by atomic mass is 35.5. The highest BCUT2D eigenvalue weighted by Gasteiger charge is 2.06. The lowest BCUT2D eigenvalue weighted by atomic mass is 10.2. The highest BCUT2D eigenvalue weighted by Crippen LogP contribution is 2.20. The van der Waals surface area contributed by atoms with Gasteiger partial charge in [-0.15, -0.1) is 5.10 Å². The first-order chi connectivity index (χ1) is 7.08. The number of rotatable bonds is 1. The minimum absolute atomic E-state index is 0.368. The Hall–Kier alpha value is -1.55. The molecule has 0 atom stereocenters. The van der Waals surface area contributed by atoms with Gasteiger partial charge in [-0.25, -0.2) is 0 Å². The number of nitrogens with two attached hydrogens (primary N) is 1. The van der Waals surface area contributed by atoms with Crippen LogP contribution in [0.25, 0.3) is 5.69 Å². The maximum absolute atomic E-state index is 6.02. The number of hydrogen-bond acceptors (Lipinski definition) is 3. The van der Waals surface area contributed by atoms with Crippen LogP contribution in [0.3, 0.4) is 0 Å². The van der Waals surface area contributed by atoms with E-state index < -0.39 is 0 Å². The second-order valence-corrected chi connectivity index (χ2v) is 3.77. The van der Waals surface area contributed by atoms with Crippen molar-refractivity contribution in [2.75, 3.05) is 5.73 Å². The van der Waals surface area contributed by atoms with Gasteiger partial charge in [0.1, 0.15) is 5.82 Å². The zero-order chi connectivity index (χ0) is 11.0. The summed E-state index contributed by atoms with van der Waals surface area (Å²) in [7, 11) is 0. The molecule has 5 heteroatoms. The molecule has 2 rings (SSSR count). The standard InChI is InChI=1S/C10H11ClN4/c1-6-3-4-8(5-9(6)11)15-10(12)13-7(2)14-15/h3-5H,1-2H3,(H2,12,13,14). The average Bonchev–Trinajstić information content (AvgIpc) is 2.50. The minimum Gasteiger partial charge on any atom is -0.368 e. The number of nitrogens with zero attached hydrogens (tertiary/aromatic N) is 3. The van der Waals surface area contributed by atoms with E-state index >= 15 is 0 Å². The molecule has 0 amide bonds. The summed E-state index contributed by atoms with van der Waals surface area (Å²) in [5, 5.41) is 4.87. The van der Waals surface area contributed by atoms with E-state index in [-0.39, 0.29) is 0 Å². The Morgan fingerprint density at radius 3 is 2.60 bits per heavy atom. The van der Waals surface area contributed by atoms with Crippen LogP contribution in [0, 0.1) is 13.8 Å². The van der Waals surface area contributed by atoms with Gasteiger partial charge in [0.25, 0.3) is 0 Å². The Labute approximate surface area is 92.7 Å². The molecule has 0 saturated carbocycles. The molecule has 0 unspecified atom stereocenters. The summed E-state index contributed by atoms with van der Waals surface area (Å²) >= 11 is 6.02. The summed E-state index contributed by atoms with van der Waals surface area (Å²) < 4.78 is 1.57. The molecule has 78 valence electrons. The van der Waals surface area contributed by atoms with Crippen molar-refractivity contribution in [1.29, 1.82) is 0 Å². The van der Waals surface area contributed by atoms with Crippen molar-refractivity contribution >= 4 is 17.5 Å². The van der Waals surface area contributed by atoms with E-state index in [1.807, 2.05) is 25.1 Å². The quantitative estimate of drug-likeness (QED) is 0.804. The van der Waals surface area contributed by atoms with Gasteiger partial charge in [-0.2, -0.15) is 9.67 Å². The van der Waals surface area contributed by atoms with Crippen LogP contribution in [0.15, 0.2) is 18.2 Å². The molecule has 0 aliphatic rings. The first-order valence-electron chi connectivity index (χ1n) is 4.53. The molecule has 0 aliphatic heterocycles. The van der Waals surface area contributed by atoms with Crippen molar-refractivity contribution in [2.45, 2.75) is 13.8 Å². The fraction of sp³-hybridized carbons (Fsp3) is 0.200. The van der Waals surface area contributed by atoms with Gasteiger partial charge >= 0.3 is 0 Å². The summed E-state index contributed by atoms with van der Waals surface area (Å²) in [5.74, 6) is 1.01. The fourth-order valence-electron chi connectivity index (χ4n) is 1.33. The van der Waals surface area contributed by atoms with E-state index in [2.05, 4.69) is 10.1 Å². The van der Waals surface area contributed by atoms with E-state index in [0.29, 0.717) is 16.8 Å². The van der Waals surface area contributed by atoms with Crippen molar-refractivity contribution in [3.05, 3.63) is 34.6 Å².